The van der Waals surface area contributed by atoms with Crippen LogP contribution in [0.1, 0.15) is 4.88 Å². The quantitative estimate of drug-likeness (QED) is 0.525. The van der Waals surface area contributed by atoms with Gasteiger partial charge in [0, 0.05) is 17.5 Å². The minimum absolute atomic E-state index is 0.252. The van der Waals surface area contributed by atoms with Crippen LogP contribution in [0.5, 0.6) is 0 Å². The van der Waals surface area contributed by atoms with Gasteiger partial charge in [-0.25, -0.2) is 0 Å². The van der Waals surface area contributed by atoms with Gasteiger partial charge in [0.25, 0.3) is 5.91 Å². The maximum absolute atomic E-state index is 12.1. The Balaban J connectivity index is 1.99. The zero-order chi connectivity index (χ0) is 15.4. The van der Waals surface area contributed by atoms with Gasteiger partial charge in [0.05, 0.1) is 10.2 Å². The summed E-state index contributed by atoms with van der Waals surface area (Å²) in [4.78, 5) is 18.0. The van der Waals surface area contributed by atoms with Crippen molar-refractivity contribution in [1.29, 1.82) is 0 Å². The van der Waals surface area contributed by atoms with Crippen molar-refractivity contribution in [2.45, 2.75) is 6.54 Å². The molecule has 0 fully saturated rings. The Morgan fingerprint density at radius 1 is 1.27 bits per heavy atom. The lowest BCUT2D eigenvalue weighted by Crippen LogP contribution is -2.15. The van der Waals surface area contributed by atoms with E-state index in [2.05, 4.69) is 11.6 Å². The lowest BCUT2D eigenvalue weighted by atomic mass is 10.3. The minimum atomic E-state index is -0.252. The van der Waals surface area contributed by atoms with Crippen LogP contribution in [0.4, 0.5) is 0 Å². The van der Waals surface area contributed by atoms with E-state index < -0.39 is 0 Å². The fourth-order valence-electron chi connectivity index (χ4n) is 2.08. The molecule has 0 saturated heterocycles. The molecule has 0 radical (unpaired) electrons. The fourth-order valence-corrected chi connectivity index (χ4v) is 3.75. The van der Waals surface area contributed by atoms with Gasteiger partial charge in [0.15, 0.2) is 4.80 Å². The second-order valence-electron chi connectivity index (χ2n) is 4.55. The number of carbonyl (C=O) groups is 1. The first kappa shape index (κ1) is 14.7. The predicted octanol–water partition coefficient (Wildman–Crippen LogP) is 4.09. The number of carbonyl (C=O) groups excluding carboxylic acids is 1. The van der Waals surface area contributed by atoms with Crippen molar-refractivity contribution in [2.24, 2.45) is 4.99 Å². The molecule has 22 heavy (non-hydrogen) atoms. The minimum Gasteiger partial charge on any atom is -0.312 e. The van der Waals surface area contributed by atoms with E-state index >= 15 is 0 Å². The molecule has 3 rings (SSSR count). The van der Waals surface area contributed by atoms with Crippen molar-refractivity contribution in [3.8, 4) is 0 Å². The van der Waals surface area contributed by atoms with Crippen molar-refractivity contribution in [3.63, 3.8) is 0 Å². The van der Waals surface area contributed by atoms with Crippen LogP contribution in [0.2, 0.25) is 0 Å². The average molecular weight is 326 g/mol. The lowest BCUT2D eigenvalue weighted by Gasteiger charge is -1.99. The third kappa shape index (κ3) is 3.16. The highest BCUT2D eigenvalue weighted by Crippen LogP contribution is 2.16. The molecule has 1 aromatic carbocycles. The second-order valence-corrected chi connectivity index (χ2v) is 6.54. The smallest absolute Gasteiger partial charge is 0.272 e. The molecule has 110 valence electrons. The molecular weight excluding hydrogens is 312 g/mol. The number of hydrogen-bond donors (Lipinski definition) is 0. The standard InChI is InChI=1S/C17H14N2OS2/c1-2-11-19-14-7-3-4-8-15(14)22-17(19)18-16(20)10-9-13-6-5-12-21-13/h2-10,12H,1,11H2. The molecule has 0 aliphatic carbocycles. The summed E-state index contributed by atoms with van der Waals surface area (Å²) in [6, 6.07) is 11.9. The highest BCUT2D eigenvalue weighted by atomic mass is 32.1. The van der Waals surface area contributed by atoms with E-state index in [0.29, 0.717) is 11.3 Å². The first-order valence-corrected chi connectivity index (χ1v) is 8.47. The number of nitrogens with zero attached hydrogens (tertiary/aromatic N) is 2. The van der Waals surface area contributed by atoms with E-state index in [1.165, 1.54) is 17.4 Å². The summed E-state index contributed by atoms with van der Waals surface area (Å²) in [7, 11) is 0. The van der Waals surface area contributed by atoms with Gasteiger partial charge in [-0.3, -0.25) is 4.79 Å². The van der Waals surface area contributed by atoms with E-state index in [-0.39, 0.29) is 5.91 Å². The number of thiazole rings is 1. The van der Waals surface area contributed by atoms with Crippen LogP contribution in [-0.4, -0.2) is 10.5 Å². The van der Waals surface area contributed by atoms with Crippen molar-refractivity contribution >= 4 is 44.9 Å². The Hall–Kier alpha value is -2.24. The maximum Gasteiger partial charge on any atom is 0.272 e. The molecule has 0 N–H and O–H groups in total. The summed E-state index contributed by atoms with van der Waals surface area (Å²) in [5.41, 5.74) is 1.07. The largest absolute Gasteiger partial charge is 0.312 e. The monoisotopic (exact) mass is 326 g/mol. The summed E-state index contributed by atoms with van der Waals surface area (Å²) in [6.07, 6.45) is 5.11. The average Bonchev–Trinajstić information content (AvgIpc) is 3.14. The van der Waals surface area contributed by atoms with E-state index in [0.717, 1.165) is 15.1 Å². The lowest BCUT2D eigenvalue weighted by molar-refractivity contribution is -0.113. The molecule has 0 atom stereocenters. The SMILES string of the molecule is C=CCn1c(=NC(=O)C=Cc2cccs2)sc2ccccc21. The number of rotatable bonds is 4. The third-order valence-corrected chi connectivity index (χ3v) is 4.94. The van der Waals surface area contributed by atoms with E-state index in [4.69, 9.17) is 0 Å². The Labute approximate surface area is 136 Å². The predicted molar refractivity (Wildman–Crippen MR) is 93.9 cm³/mol. The van der Waals surface area contributed by atoms with Crippen molar-refractivity contribution in [3.05, 3.63) is 70.2 Å². The van der Waals surface area contributed by atoms with Gasteiger partial charge in [0.2, 0.25) is 0 Å². The molecule has 2 heterocycles. The first-order valence-electron chi connectivity index (χ1n) is 6.77. The van der Waals surface area contributed by atoms with Crippen molar-refractivity contribution in [1.82, 2.24) is 4.57 Å². The molecule has 0 aliphatic rings. The molecule has 1 amide bonds. The zero-order valence-corrected chi connectivity index (χ0v) is 13.4. The molecule has 5 heteroatoms. The summed E-state index contributed by atoms with van der Waals surface area (Å²) in [6.45, 7) is 4.41. The number of para-hydroxylation sites is 1. The molecule has 0 unspecified atom stereocenters. The van der Waals surface area contributed by atoms with Gasteiger partial charge in [0.1, 0.15) is 0 Å². The molecule has 3 nitrogen and oxygen atoms in total. The topological polar surface area (TPSA) is 34.4 Å². The first-order chi connectivity index (χ1) is 10.8. The van der Waals surface area contributed by atoms with Crippen molar-refractivity contribution < 1.29 is 4.79 Å². The maximum atomic E-state index is 12.1. The van der Waals surface area contributed by atoms with Crippen LogP contribution in [0.25, 0.3) is 16.3 Å². The Morgan fingerprint density at radius 2 is 2.14 bits per heavy atom. The Bertz CT molecular complexity index is 898. The molecule has 0 bridgehead atoms. The van der Waals surface area contributed by atoms with E-state index in [1.54, 1.807) is 17.4 Å². The number of aromatic nitrogens is 1. The van der Waals surface area contributed by atoms with E-state index in [9.17, 15) is 4.79 Å². The van der Waals surface area contributed by atoms with Crippen LogP contribution in [0.3, 0.4) is 0 Å². The summed E-state index contributed by atoms with van der Waals surface area (Å²) in [5, 5.41) is 1.98. The molecule has 0 saturated carbocycles. The van der Waals surface area contributed by atoms with E-state index in [1.807, 2.05) is 52.4 Å². The normalized spacial score (nSPS) is 12.3. The highest BCUT2D eigenvalue weighted by Gasteiger charge is 2.05. The zero-order valence-electron chi connectivity index (χ0n) is 11.8. The molecule has 2 aromatic heterocycles. The van der Waals surface area contributed by atoms with Crippen molar-refractivity contribution in [2.75, 3.05) is 0 Å². The number of fused-ring (bicyclic) bond motifs is 1. The van der Waals surface area contributed by atoms with Crippen LogP contribution in [0.15, 0.2) is 65.5 Å². The van der Waals surface area contributed by atoms with Gasteiger partial charge in [-0.15, -0.1) is 17.9 Å². The number of allylic oxidation sites excluding steroid dienone is 1. The molecule has 3 aromatic rings. The second kappa shape index (κ2) is 6.68. The van der Waals surface area contributed by atoms with Crippen LogP contribution in [0, 0.1) is 0 Å². The molecule has 0 spiro atoms. The highest BCUT2D eigenvalue weighted by molar-refractivity contribution is 7.16. The van der Waals surface area contributed by atoms with Crippen LogP contribution >= 0.6 is 22.7 Å². The van der Waals surface area contributed by atoms with Gasteiger partial charge in [-0.2, -0.15) is 4.99 Å². The Morgan fingerprint density at radius 3 is 2.91 bits per heavy atom. The van der Waals surface area contributed by atoms with Gasteiger partial charge < -0.3 is 4.57 Å². The fraction of sp³-hybridized carbons (Fsp3) is 0.0588. The summed E-state index contributed by atoms with van der Waals surface area (Å²) >= 11 is 3.10. The van der Waals surface area contributed by atoms with Gasteiger partial charge in [-0.1, -0.05) is 35.6 Å². The van der Waals surface area contributed by atoms with Gasteiger partial charge in [-0.05, 0) is 29.7 Å². The van der Waals surface area contributed by atoms with Gasteiger partial charge >= 0.3 is 0 Å². The Kier molecular flexibility index (Phi) is 4.46. The number of benzene rings is 1. The van der Waals surface area contributed by atoms with Crippen LogP contribution < -0.4 is 4.80 Å². The third-order valence-electron chi connectivity index (χ3n) is 3.04. The number of thiophene rings is 1. The summed E-state index contributed by atoms with van der Waals surface area (Å²) in [5.74, 6) is -0.252. The molecule has 0 aliphatic heterocycles. The number of hydrogen-bond acceptors (Lipinski definition) is 3. The summed E-state index contributed by atoms with van der Waals surface area (Å²) < 4.78 is 3.11. The van der Waals surface area contributed by atoms with Crippen LogP contribution in [-0.2, 0) is 11.3 Å². The molecular formula is C17H14N2OS2. The number of amides is 1.